The Bertz CT molecular complexity index is 879. The highest BCUT2D eigenvalue weighted by Crippen LogP contribution is 2.28. The van der Waals surface area contributed by atoms with Crippen LogP contribution in [0.25, 0.3) is 16.9 Å². The van der Waals surface area contributed by atoms with Crippen LogP contribution in [0, 0.1) is 0 Å². The fourth-order valence-electron chi connectivity index (χ4n) is 2.24. The van der Waals surface area contributed by atoms with Gasteiger partial charge in [-0.05, 0) is 36.6 Å². The van der Waals surface area contributed by atoms with Crippen LogP contribution in [-0.4, -0.2) is 32.3 Å². The van der Waals surface area contributed by atoms with Gasteiger partial charge in [-0.15, -0.1) is 16.9 Å². The molecule has 0 aliphatic heterocycles. The zero-order valence-electron chi connectivity index (χ0n) is 12.1. The van der Waals surface area contributed by atoms with Crippen LogP contribution in [-0.2, 0) is 0 Å². The molecule has 0 saturated heterocycles. The summed E-state index contributed by atoms with van der Waals surface area (Å²) in [4.78, 5) is 12.5. The molecule has 116 valence electrons. The Morgan fingerprint density at radius 1 is 1.22 bits per heavy atom. The highest BCUT2D eigenvalue weighted by Gasteiger charge is 2.21. The van der Waals surface area contributed by atoms with Crippen molar-refractivity contribution in [3.63, 3.8) is 0 Å². The fraction of sp³-hybridized carbons (Fsp3) is 0.0625. The van der Waals surface area contributed by atoms with E-state index >= 15 is 0 Å². The molecule has 7 heteroatoms. The van der Waals surface area contributed by atoms with E-state index in [2.05, 4.69) is 10.3 Å². The summed E-state index contributed by atoms with van der Waals surface area (Å²) in [5.74, 6) is -1.13. The molecule has 0 amide bonds. The second kappa shape index (κ2) is 6.44. The predicted octanol–water partition coefficient (Wildman–Crippen LogP) is 4.01. The second-order valence-electron chi connectivity index (χ2n) is 4.72. The van der Waals surface area contributed by atoms with Gasteiger partial charge >= 0.3 is 5.97 Å². The van der Waals surface area contributed by atoms with Crippen molar-refractivity contribution in [1.29, 1.82) is 0 Å². The van der Waals surface area contributed by atoms with Crippen molar-refractivity contribution >= 4 is 29.3 Å². The van der Waals surface area contributed by atoms with E-state index in [0.29, 0.717) is 16.3 Å². The zero-order valence-corrected chi connectivity index (χ0v) is 13.7. The summed E-state index contributed by atoms with van der Waals surface area (Å²) in [6.07, 6.45) is 1.97. The van der Waals surface area contributed by atoms with Crippen LogP contribution in [0.5, 0.6) is 0 Å². The molecule has 3 rings (SSSR count). The normalized spacial score (nSPS) is 10.7. The number of carbonyl (C=O) groups is 1. The first-order chi connectivity index (χ1) is 11.1. The summed E-state index contributed by atoms with van der Waals surface area (Å²) < 4.78 is 1.52. The minimum Gasteiger partial charge on any atom is -0.476 e. The molecule has 1 heterocycles. The van der Waals surface area contributed by atoms with Crippen LogP contribution in [0.15, 0.2) is 53.4 Å². The van der Waals surface area contributed by atoms with E-state index in [0.717, 1.165) is 10.6 Å². The SMILES string of the molecule is CSc1cccc(-n2nnc(C(=O)O)c2-c2cccc(Cl)c2)c1. The molecule has 0 fully saturated rings. The van der Waals surface area contributed by atoms with Crippen molar-refractivity contribution in [2.45, 2.75) is 4.90 Å². The van der Waals surface area contributed by atoms with Gasteiger partial charge in [-0.2, -0.15) is 0 Å². The summed E-state index contributed by atoms with van der Waals surface area (Å²) in [5, 5.41) is 17.8. The number of hydrogen-bond acceptors (Lipinski definition) is 4. The van der Waals surface area contributed by atoms with Gasteiger partial charge in [0.1, 0.15) is 5.69 Å². The molecule has 1 N–H and O–H groups in total. The molecular weight excluding hydrogens is 334 g/mol. The number of carboxylic acid groups (broad SMARTS) is 1. The van der Waals surface area contributed by atoms with E-state index in [4.69, 9.17) is 11.6 Å². The van der Waals surface area contributed by atoms with Gasteiger partial charge in [0.15, 0.2) is 5.69 Å². The van der Waals surface area contributed by atoms with Crippen LogP contribution in [0.1, 0.15) is 10.5 Å². The third-order valence-corrected chi connectivity index (χ3v) is 4.23. The van der Waals surface area contributed by atoms with Crippen molar-refractivity contribution in [1.82, 2.24) is 15.0 Å². The van der Waals surface area contributed by atoms with E-state index in [1.165, 1.54) is 4.68 Å². The molecular formula is C16H12ClN3O2S. The van der Waals surface area contributed by atoms with Crippen molar-refractivity contribution < 1.29 is 9.90 Å². The second-order valence-corrected chi connectivity index (χ2v) is 6.03. The third kappa shape index (κ3) is 3.09. The van der Waals surface area contributed by atoms with E-state index in [9.17, 15) is 9.90 Å². The minimum atomic E-state index is -1.13. The quantitative estimate of drug-likeness (QED) is 0.724. The molecule has 2 aromatic carbocycles. The van der Waals surface area contributed by atoms with Gasteiger partial charge in [0.05, 0.1) is 5.69 Å². The average molecular weight is 346 g/mol. The van der Waals surface area contributed by atoms with Crippen molar-refractivity contribution in [2.24, 2.45) is 0 Å². The first-order valence-electron chi connectivity index (χ1n) is 6.69. The Kier molecular flexibility index (Phi) is 4.36. The first kappa shape index (κ1) is 15.6. The molecule has 0 radical (unpaired) electrons. The number of halogens is 1. The lowest BCUT2D eigenvalue weighted by atomic mass is 10.1. The molecule has 3 aromatic rings. The summed E-state index contributed by atoms with van der Waals surface area (Å²) >= 11 is 7.63. The number of rotatable bonds is 4. The largest absolute Gasteiger partial charge is 0.476 e. The Morgan fingerprint density at radius 2 is 2.00 bits per heavy atom. The molecule has 0 aliphatic carbocycles. The average Bonchev–Trinajstić information content (AvgIpc) is 3.00. The third-order valence-electron chi connectivity index (χ3n) is 3.27. The van der Waals surface area contributed by atoms with Crippen molar-refractivity contribution in [3.8, 4) is 16.9 Å². The number of hydrogen-bond donors (Lipinski definition) is 1. The van der Waals surface area contributed by atoms with E-state index in [1.54, 1.807) is 36.0 Å². The maximum absolute atomic E-state index is 11.5. The van der Waals surface area contributed by atoms with E-state index in [-0.39, 0.29) is 5.69 Å². The number of benzene rings is 2. The molecule has 0 atom stereocenters. The van der Waals surface area contributed by atoms with Gasteiger partial charge in [-0.1, -0.05) is 35.0 Å². The van der Waals surface area contributed by atoms with Crippen molar-refractivity contribution in [2.75, 3.05) is 6.26 Å². The standard InChI is InChI=1S/C16H12ClN3O2S/c1-23-13-7-3-6-12(9-13)20-15(14(16(21)22)18-19-20)10-4-2-5-11(17)8-10/h2-9H,1H3,(H,21,22). The highest BCUT2D eigenvalue weighted by atomic mass is 35.5. The molecule has 0 unspecified atom stereocenters. The van der Waals surface area contributed by atoms with Crippen LogP contribution >= 0.6 is 23.4 Å². The van der Waals surface area contributed by atoms with Gasteiger partial charge < -0.3 is 5.11 Å². The molecule has 0 saturated carbocycles. The fourth-order valence-corrected chi connectivity index (χ4v) is 2.89. The van der Waals surface area contributed by atoms with Gasteiger partial charge in [-0.25, -0.2) is 9.48 Å². The molecule has 5 nitrogen and oxygen atoms in total. The number of nitrogens with zero attached hydrogens (tertiary/aromatic N) is 3. The Labute approximate surface area is 141 Å². The number of aromatic carboxylic acids is 1. The number of carboxylic acids is 1. The van der Waals surface area contributed by atoms with Gasteiger partial charge in [0.2, 0.25) is 0 Å². The molecule has 0 aliphatic rings. The van der Waals surface area contributed by atoms with Gasteiger partial charge in [-0.3, -0.25) is 0 Å². The lowest BCUT2D eigenvalue weighted by Crippen LogP contribution is -2.03. The number of aromatic nitrogens is 3. The van der Waals surface area contributed by atoms with Crippen LogP contribution in [0.3, 0.4) is 0 Å². The van der Waals surface area contributed by atoms with Crippen molar-refractivity contribution in [3.05, 3.63) is 59.2 Å². The molecule has 1 aromatic heterocycles. The van der Waals surface area contributed by atoms with Crippen LogP contribution < -0.4 is 0 Å². The van der Waals surface area contributed by atoms with E-state index < -0.39 is 5.97 Å². The lowest BCUT2D eigenvalue weighted by molar-refractivity contribution is 0.0691. The topological polar surface area (TPSA) is 68.0 Å². The molecule has 23 heavy (non-hydrogen) atoms. The Balaban J connectivity index is 2.24. The smallest absolute Gasteiger partial charge is 0.358 e. The lowest BCUT2D eigenvalue weighted by Gasteiger charge is -2.08. The maximum atomic E-state index is 11.5. The summed E-state index contributed by atoms with van der Waals surface area (Å²) in [6, 6.07) is 14.6. The summed E-state index contributed by atoms with van der Waals surface area (Å²) in [5.41, 5.74) is 1.68. The highest BCUT2D eigenvalue weighted by molar-refractivity contribution is 7.98. The zero-order chi connectivity index (χ0) is 16.4. The Morgan fingerprint density at radius 3 is 2.70 bits per heavy atom. The Hall–Kier alpha value is -2.31. The first-order valence-corrected chi connectivity index (χ1v) is 8.30. The number of thioether (sulfide) groups is 1. The summed E-state index contributed by atoms with van der Waals surface area (Å²) in [7, 11) is 0. The van der Waals surface area contributed by atoms with Gasteiger partial charge in [0, 0.05) is 15.5 Å². The maximum Gasteiger partial charge on any atom is 0.358 e. The molecule has 0 bridgehead atoms. The van der Waals surface area contributed by atoms with Gasteiger partial charge in [0.25, 0.3) is 0 Å². The van der Waals surface area contributed by atoms with Crippen LogP contribution in [0.2, 0.25) is 5.02 Å². The molecule has 0 spiro atoms. The predicted molar refractivity (Wildman–Crippen MR) is 90.5 cm³/mol. The minimum absolute atomic E-state index is 0.109. The summed E-state index contributed by atoms with van der Waals surface area (Å²) in [6.45, 7) is 0. The van der Waals surface area contributed by atoms with E-state index in [1.807, 2.05) is 30.5 Å². The van der Waals surface area contributed by atoms with Crippen LogP contribution in [0.4, 0.5) is 0 Å². The monoisotopic (exact) mass is 345 g/mol.